The van der Waals surface area contributed by atoms with Crippen LogP contribution in [0.25, 0.3) is 12.2 Å². The van der Waals surface area contributed by atoms with Crippen molar-refractivity contribution in [3.8, 4) is 0 Å². The molecule has 7 heteroatoms. The van der Waals surface area contributed by atoms with Crippen LogP contribution in [0.1, 0.15) is 32.8 Å². The van der Waals surface area contributed by atoms with Crippen molar-refractivity contribution in [2.45, 2.75) is 10.5 Å². The van der Waals surface area contributed by atoms with E-state index in [1.165, 1.54) is 24.3 Å². The molecular weight excluding hydrogens is 572 g/mol. The number of thioether (sulfide) groups is 1. The molecule has 4 aromatic rings. The first-order chi connectivity index (χ1) is 17.8. The molecule has 188 valence electrons. The van der Waals surface area contributed by atoms with E-state index < -0.39 is 0 Å². The molecule has 0 nitrogen and oxygen atoms in total. The molecule has 0 aromatic heterocycles. The standard InChI is InChI=1S/C30H20Cl4F2S/c31-23-9-1-19(27(33)17-23)7-15-29(21-3-11-25(35)12-4-21)37-30(22-5-13-26(36)14-6-22)16-8-20-2-10-24(32)18-28(20)34/h1-18,29-30H/b15-7-,16-8-. The fourth-order valence-corrected chi connectivity index (χ4v) is 5.81. The van der Waals surface area contributed by atoms with Crippen LogP contribution in [-0.4, -0.2) is 0 Å². The smallest absolute Gasteiger partial charge is 0.123 e. The number of rotatable bonds is 8. The van der Waals surface area contributed by atoms with Crippen molar-refractivity contribution >= 4 is 70.3 Å². The van der Waals surface area contributed by atoms with Crippen molar-refractivity contribution < 1.29 is 8.78 Å². The van der Waals surface area contributed by atoms with Gasteiger partial charge in [0, 0.05) is 30.6 Å². The maximum absolute atomic E-state index is 13.7. The predicted molar refractivity (Wildman–Crippen MR) is 157 cm³/mol. The molecule has 37 heavy (non-hydrogen) atoms. The van der Waals surface area contributed by atoms with Crippen LogP contribution in [0.15, 0.2) is 97.1 Å². The number of hydrogen-bond acceptors (Lipinski definition) is 1. The van der Waals surface area contributed by atoms with Gasteiger partial charge in [0.15, 0.2) is 0 Å². The quantitative estimate of drug-likeness (QED) is 0.196. The Labute approximate surface area is 239 Å². The Morgan fingerprint density at radius 1 is 0.541 bits per heavy atom. The molecule has 4 aromatic carbocycles. The molecule has 0 amide bonds. The minimum Gasteiger partial charge on any atom is -0.207 e. The van der Waals surface area contributed by atoms with Crippen molar-refractivity contribution in [1.29, 1.82) is 0 Å². The molecule has 0 heterocycles. The lowest BCUT2D eigenvalue weighted by atomic mass is 10.1. The molecule has 0 bridgehead atoms. The lowest BCUT2D eigenvalue weighted by Crippen LogP contribution is -1.98. The lowest BCUT2D eigenvalue weighted by molar-refractivity contribution is 0.627. The van der Waals surface area contributed by atoms with Gasteiger partial charge in [-0.05, 0) is 70.8 Å². The lowest BCUT2D eigenvalue weighted by Gasteiger charge is -2.20. The molecule has 0 fully saturated rings. The highest BCUT2D eigenvalue weighted by atomic mass is 35.5. The first-order valence-electron chi connectivity index (χ1n) is 11.2. The zero-order valence-corrected chi connectivity index (χ0v) is 23.1. The third kappa shape index (κ3) is 7.86. The van der Waals surface area contributed by atoms with Crippen molar-refractivity contribution in [2.75, 3.05) is 0 Å². The van der Waals surface area contributed by atoms with Crippen LogP contribution in [0.5, 0.6) is 0 Å². The third-order valence-corrected chi connectivity index (χ3v) is 8.09. The van der Waals surface area contributed by atoms with Gasteiger partial charge in [0.05, 0.1) is 0 Å². The van der Waals surface area contributed by atoms with Gasteiger partial charge in [0.2, 0.25) is 0 Å². The number of benzene rings is 4. The fourth-order valence-electron chi connectivity index (χ4n) is 3.59. The summed E-state index contributed by atoms with van der Waals surface area (Å²) in [4.78, 5) is 0. The Morgan fingerprint density at radius 2 is 0.919 bits per heavy atom. The molecule has 2 atom stereocenters. The topological polar surface area (TPSA) is 0 Å². The molecule has 0 saturated heterocycles. The molecule has 0 N–H and O–H groups in total. The minimum absolute atomic E-state index is 0.187. The van der Waals surface area contributed by atoms with Gasteiger partial charge in [-0.25, -0.2) is 8.78 Å². The van der Waals surface area contributed by atoms with E-state index in [0.29, 0.717) is 20.1 Å². The molecule has 4 rings (SSSR count). The second-order valence-electron chi connectivity index (χ2n) is 8.13. The summed E-state index contributed by atoms with van der Waals surface area (Å²) in [6, 6.07) is 23.3. The van der Waals surface area contributed by atoms with Gasteiger partial charge < -0.3 is 0 Å². The highest BCUT2D eigenvalue weighted by Gasteiger charge is 2.18. The SMILES string of the molecule is Fc1ccc(C(/C=C\c2ccc(Cl)cc2Cl)SC(/C=C\c2ccc(Cl)cc2Cl)c2ccc(F)cc2)cc1. The molecule has 0 spiro atoms. The highest BCUT2D eigenvalue weighted by molar-refractivity contribution is 8.00. The van der Waals surface area contributed by atoms with Crippen molar-refractivity contribution in [3.63, 3.8) is 0 Å². The molecule has 0 saturated carbocycles. The summed E-state index contributed by atoms with van der Waals surface area (Å²) in [5.74, 6) is -0.630. The summed E-state index contributed by atoms with van der Waals surface area (Å²) >= 11 is 26.5. The van der Waals surface area contributed by atoms with Crippen LogP contribution in [0.3, 0.4) is 0 Å². The fraction of sp³-hybridized carbons (Fsp3) is 0.0667. The Bertz CT molecular complexity index is 1310. The van der Waals surface area contributed by atoms with E-state index in [0.717, 1.165) is 22.3 Å². The van der Waals surface area contributed by atoms with Crippen LogP contribution in [0, 0.1) is 11.6 Å². The number of halogens is 6. The van der Waals surface area contributed by atoms with Crippen LogP contribution < -0.4 is 0 Å². The summed E-state index contributed by atoms with van der Waals surface area (Å²) in [5, 5.41) is 1.78. The van der Waals surface area contributed by atoms with E-state index in [-0.39, 0.29) is 22.1 Å². The van der Waals surface area contributed by atoms with E-state index in [9.17, 15) is 8.78 Å². The summed E-state index contributed by atoms with van der Waals surface area (Å²) in [6.07, 6.45) is 7.85. The van der Waals surface area contributed by atoms with Crippen molar-refractivity contribution in [3.05, 3.63) is 151 Å². The van der Waals surface area contributed by atoms with Gasteiger partial charge in [-0.1, -0.05) is 107 Å². The number of hydrogen-bond donors (Lipinski definition) is 0. The first-order valence-corrected chi connectivity index (χ1v) is 13.7. The van der Waals surface area contributed by atoms with E-state index in [2.05, 4.69) is 0 Å². The van der Waals surface area contributed by atoms with Crippen LogP contribution in [-0.2, 0) is 0 Å². The largest absolute Gasteiger partial charge is 0.207 e. The van der Waals surface area contributed by atoms with E-state index in [4.69, 9.17) is 46.4 Å². The maximum Gasteiger partial charge on any atom is 0.123 e. The minimum atomic E-state index is -0.315. The summed E-state index contributed by atoms with van der Waals surface area (Å²) < 4.78 is 27.4. The summed E-state index contributed by atoms with van der Waals surface area (Å²) in [7, 11) is 0. The average Bonchev–Trinajstić information content (AvgIpc) is 2.87. The second kappa shape index (κ2) is 13.0. The molecule has 0 aliphatic heterocycles. The van der Waals surface area contributed by atoms with E-state index in [1.807, 2.05) is 36.4 Å². The van der Waals surface area contributed by atoms with E-state index >= 15 is 0 Å². The third-order valence-electron chi connectivity index (χ3n) is 5.52. The Kier molecular flexibility index (Phi) is 9.75. The Morgan fingerprint density at radius 3 is 1.27 bits per heavy atom. The predicted octanol–water partition coefficient (Wildman–Crippen LogP) is 11.5. The van der Waals surface area contributed by atoms with Gasteiger partial charge in [0.1, 0.15) is 11.6 Å². The maximum atomic E-state index is 13.7. The Balaban J connectivity index is 1.71. The van der Waals surface area contributed by atoms with Crippen LogP contribution in [0.4, 0.5) is 8.78 Å². The highest BCUT2D eigenvalue weighted by Crippen LogP contribution is 2.43. The van der Waals surface area contributed by atoms with Crippen LogP contribution in [0.2, 0.25) is 20.1 Å². The average molecular weight is 592 g/mol. The molecule has 0 aliphatic rings. The van der Waals surface area contributed by atoms with Crippen LogP contribution >= 0.6 is 58.2 Å². The zero-order chi connectivity index (χ0) is 26.4. The zero-order valence-electron chi connectivity index (χ0n) is 19.2. The van der Waals surface area contributed by atoms with Crippen molar-refractivity contribution in [1.82, 2.24) is 0 Å². The van der Waals surface area contributed by atoms with Gasteiger partial charge in [-0.2, -0.15) is 0 Å². The van der Waals surface area contributed by atoms with Crippen molar-refractivity contribution in [2.24, 2.45) is 0 Å². The van der Waals surface area contributed by atoms with Gasteiger partial charge in [-0.3, -0.25) is 0 Å². The van der Waals surface area contributed by atoms with E-state index in [1.54, 1.807) is 60.3 Å². The first kappa shape index (κ1) is 27.8. The molecule has 0 radical (unpaired) electrons. The van der Waals surface area contributed by atoms with Gasteiger partial charge in [0.25, 0.3) is 0 Å². The molecular formula is C30H20Cl4F2S. The summed E-state index contributed by atoms with van der Waals surface area (Å²) in [5.41, 5.74) is 3.41. The normalized spacial score (nSPS) is 13.4. The molecule has 0 aliphatic carbocycles. The molecule has 2 unspecified atom stereocenters. The Hall–Kier alpha value is -2.27. The van der Waals surface area contributed by atoms with Gasteiger partial charge in [-0.15, -0.1) is 11.8 Å². The second-order valence-corrected chi connectivity index (χ2v) is 11.1. The van der Waals surface area contributed by atoms with Gasteiger partial charge >= 0.3 is 0 Å². The summed E-state index contributed by atoms with van der Waals surface area (Å²) in [6.45, 7) is 0. The monoisotopic (exact) mass is 590 g/mol.